The summed E-state index contributed by atoms with van der Waals surface area (Å²) in [7, 11) is 0. The molecule has 0 N–H and O–H groups in total. The van der Waals surface area contributed by atoms with Crippen molar-refractivity contribution in [3.8, 4) is 0 Å². The lowest BCUT2D eigenvalue weighted by Crippen LogP contribution is -2.31. The molecule has 0 radical (unpaired) electrons. The second kappa shape index (κ2) is 5.64. The molecule has 1 aliphatic rings. The van der Waals surface area contributed by atoms with Crippen molar-refractivity contribution in [2.24, 2.45) is 0 Å². The molecule has 1 aromatic heterocycles. The summed E-state index contributed by atoms with van der Waals surface area (Å²) in [4.78, 5) is 18.6. The van der Waals surface area contributed by atoms with Crippen molar-refractivity contribution in [2.75, 3.05) is 13.1 Å². The fourth-order valence-electron chi connectivity index (χ4n) is 2.79. The Morgan fingerprint density at radius 3 is 2.81 bits per heavy atom. The molecule has 0 saturated carbocycles. The SMILES string of the molecule is CC(Cl)c1nc2cc(F)ccc2n1CC(=O)N1CCCC1. The highest BCUT2D eigenvalue weighted by Gasteiger charge is 2.22. The largest absolute Gasteiger partial charge is 0.341 e. The van der Waals surface area contributed by atoms with Crippen molar-refractivity contribution < 1.29 is 9.18 Å². The van der Waals surface area contributed by atoms with Crippen molar-refractivity contribution in [1.82, 2.24) is 14.5 Å². The number of benzene rings is 1. The predicted molar refractivity (Wildman–Crippen MR) is 79.8 cm³/mol. The zero-order valence-electron chi connectivity index (χ0n) is 11.9. The van der Waals surface area contributed by atoms with Crippen LogP contribution in [0.5, 0.6) is 0 Å². The standard InChI is InChI=1S/C15H17ClFN3O/c1-10(16)15-18-12-8-11(17)4-5-13(12)20(15)9-14(21)19-6-2-3-7-19/h4-5,8,10H,2-3,6-7,9H2,1H3. The maximum absolute atomic E-state index is 13.3. The van der Waals surface area contributed by atoms with Gasteiger partial charge in [-0.25, -0.2) is 9.37 Å². The molecule has 1 aliphatic heterocycles. The maximum atomic E-state index is 13.3. The van der Waals surface area contributed by atoms with Gasteiger partial charge in [-0.15, -0.1) is 11.6 Å². The monoisotopic (exact) mass is 309 g/mol. The van der Waals surface area contributed by atoms with Gasteiger partial charge in [0.1, 0.15) is 18.2 Å². The van der Waals surface area contributed by atoms with Gasteiger partial charge in [0.2, 0.25) is 5.91 Å². The second-order valence-electron chi connectivity index (χ2n) is 5.39. The highest BCUT2D eigenvalue weighted by atomic mass is 35.5. The van der Waals surface area contributed by atoms with Gasteiger partial charge in [0.05, 0.1) is 16.4 Å². The van der Waals surface area contributed by atoms with E-state index in [-0.39, 0.29) is 23.6 Å². The Morgan fingerprint density at radius 2 is 2.14 bits per heavy atom. The summed E-state index contributed by atoms with van der Waals surface area (Å²) in [5.74, 6) is 0.325. The lowest BCUT2D eigenvalue weighted by atomic mass is 10.3. The quantitative estimate of drug-likeness (QED) is 0.817. The van der Waals surface area contributed by atoms with Crippen LogP contribution in [0.25, 0.3) is 11.0 Å². The number of hydrogen-bond acceptors (Lipinski definition) is 2. The van der Waals surface area contributed by atoms with E-state index in [1.165, 1.54) is 12.1 Å². The number of carbonyl (C=O) groups is 1. The van der Waals surface area contributed by atoms with Gasteiger partial charge in [-0.05, 0) is 31.9 Å². The van der Waals surface area contributed by atoms with Crippen LogP contribution in [0, 0.1) is 5.82 Å². The summed E-state index contributed by atoms with van der Waals surface area (Å²) in [6, 6.07) is 4.40. The molecule has 1 fully saturated rings. The first-order chi connectivity index (χ1) is 10.1. The van der Waals surface area contributed by atoms with Crippen molar-refractivity contribution in [1.29, 1.82) is 0 Å². The number of carbonyl (C=O) groups excluding carboxylic acids is 1. The maximum Gasteiger partial charge on any atom is 0.242 e. The van der Waals surface area contributed by atoms with Crippen LogP contribution in [0.4, 0.5) is 4.39 Å². The summed E-state index contributed by atoms with van der Waals surface area (Å²) in [6.45, 7) is 3.63. The molecular formula is C15H17ClFN3O. The number of rotatable bonds is 3. The molecule has 1 saturated heterocycles. The van der Waals surface area contributed by atoms with Gasteiger partial charge in [0.15, 0.2) is 0 Å². The number of likely N-dealkylation sites (tertiary alicyclic amines) is 1. The van der Waals surface area contributed by atoms with Crippen molar-refractivity contribution in [2.45, 2.75) is 31.7 Å². The third-order valence-corrected chi connectivity index (χ3v) is 4.04. The first-order valence-corrected chi connectivity index (χ1v) is 7.57. The predicted octanol–water partition coefficient (Wildman–Crippen LogP) is 3.10. The van der Waals surface area contributed by atoms with E-state index >= 15 is 0 Å². The van der Waals surface area contributed by atoms with E-state index < -0.39 is 0 Å². The van der Waals surface area contributed by atoms with Crippen LogP contribution in [0.15, 0.2) is 18.2 Å². The third-order valence-electron chi connectivity index (χ3n) is 3.85. The van der Waals surface area contributed by atoms with Crippen LogP contribution in [-0.2, 0) is 11.3 Å². The molecule has 1 amide bonds. The number of fused-ring (bicyclic) bond motifs is 1. The molecule has 0 aliphatic carbocycles. The van der Waals surface area contributed by atoms with Crippen molar-refractivity contribution in [3.63, 3.8) is 0 Å². The summed E-state index contributed by atoms with van der Waals surface area (Å²) < 4.78 is 15.1. The fraction of sp³-hybridized carbons (Fsp3) is 0.467. The van der Waals surface area contributed by atoms with E-state index in [1.807, 2.05) is 4.90 Å². The average Bonchev–Trinajstić information content (AvgIpc) is 3.06. The highest BCUT2D eigenvalue weighted by molar-refractivity contribution is 6.20. The van der Waals surface area contributed by atoms with Gasteiger partial charge in [-0.3, -0.25) is 4.79 Å². The number of aromatic nitrogens is 2. The second-order valence-corrected chi connectivity index (χ2v) is 6.05. The van der Waals surface area contributed by atoms with Gasteiger partial charge < -0.3 is 9.47 Å². The van der Waals surface area contributed by atoms with Crippen LogP contribution in [0.1, 0.15) is 31.0 Å². The Kier molecular flexibility index (Phi) is 3.85. The fourth-order valence-corrected chi connectivity index (χ4v) is 2.96. The number of amides is 1. The molecule has 112 valence electrons. The topological polar surface area (TPSA) is 38.1 Å². The number of alkyl halides is 1. The van der Waals surface area contributed by atoms with Crippen LogP contribution < -0.4 is 0 Å². The molecule has 3 rings (SSSR count). The third kappa shape index (κ3) is 2.75. The lowest BCUT2D eigenvalue weighted by Gasteiger charge is -2.17. The van der Waals surface area contributed by atoms with Crippen LogP contribution in [-0.4, -0.2) is 33.4 Å². The molecule has 21 heavy (non-hydrogen) atoms. The Hall–Kier alpha value is -1.62. The molecule has 1 atom stereocenters. The summed E-state index contributed by atoms with van der Waals surface area (Å²) >= 11 is 6.16. The van der Waals surface area contributed by atoms with Gasteiger partial charge in [0, 0.05) is 19.2 Å². The molecule has 1 aromatic carbocycles. The molecule has 4 nitrogen and oxygen atoms in total. The zero-order valence-corrected chi connectivity index (χ0v) is 12.6. The minimum atomic E-state index is -0.341. The Labute approximate surface area is 127 Å². The van der Waals surface area contributed by atoms with Gasteiger partial charge >= 0.3 is 0 Å². The smallest absolute Gasteiger partial charge is 0.242 e. The first-order valence-electron chi connectivity index (χ1n) is 7.14. The minimum absolute atomic E-state index is 0.0645. The van der Waals surface area contributed by atoms with E-state index in [1.54, 1.807) is 17.6 Å². The molecule has 2 heterocycles. The van der Waals surface area contributed by atoms with E-state index in [0.717, 1.165) is 31.4 Å². The molecule has 0 bridgehead atoms. The van der Waals surface area contributed by atoms with Gasteiger partial charge in [0.25, 0.3) is 0 Å². The summed E-state index contributed by atoms with van der Waals surface area (Å²) in [6.07, 6.45) is 2.11. The van der Waals surface area contributed by atoms with E-state index in [4.69, 9.17) is 11.6 Å². The van der Waals surface area contributed by atoms with Gasteiger partial charge in [-0.1, -0.05) is 0 Å². The van der Waals surface area contributed by atoms with Crippen LogP contribution in [0.3, 0.4) is 0 Å². The summed E-state index contributed by atoms with van der Waals surface area (Å²) in [5, 5.41) is -0.341. The summed E-state index contributed by atoms with van der Waals surface area (Å²) in [5.41, 5.74) is 1.28. The van der Waals surface area contributed by atoms with E-state index in [0.29, 0.717) is 11.3 Å². The normalized spacial score (nSPS) is 16.6. The molecule has 2 aromatic rings. The zero-order chi connectivity index (χ0) is 15.0. The van der Waals surface area contributed by atoms with Crippen molar-refractivity contribution >= 4 is 28.5 Å². The number of nitrogens with zero attached hydrogens (tertiary/aromatic N) is 3. The average molecular weight is 310 g/mol. The Balaban J connectivity index is 1.98. The van der Waals surface area contributed by atoms with Crippen LogP contribution >= 0.6 is 11.6 Å². The van der Waals surface area contributed by atoms with E-state index in [9.17, 15) is 9.18 Å². The Bertz CT molecular complexity index is 677. The number of imidazole rings is 1. The molecule has 6 heteroatoms. The molecule has 1 unspecified atom stereocenters. The number of hydrogen-bond donors (Lipinski definition) is 0. The molecule has 0 spiro atoms. The minimum Gasteiger partial charge on any atom is -0.341 e. The Morgan fingerprint density at radius 1 is 1.43 bits per heavy atom. The lowest BCUT2D eigenvalue weighted by molar-refractivity contribution is -0.130. The first kappa shape index (κ1) is 14.3. The van der Waals surface area contributed by atoms with E-state index in [2.05, 4.69) is 4.98 Å². The highest BCUT2D eigenvalue weighted by Crippen LogP contribution is 2.25. The van der Waals surface area contributed by atoms with Gasteiger partial charge in [-0.2, -0.15) is 0 Å². The van der Waals surface area contributed by atoms with Crippen LogP contribution in [0.2, 0.25) is 0 Å². The molecular weight excluding hydrogens is 293 g/mol. The number of halogens is 2. The van der Waals surface area contributed by atoms with Crippen molar-refractivity contribution in [3.05, 3.63) is 29.8 Å².